The van der Waals surface area contributed by atoms with Gasteiger partial charge in [0.15, 0.2) is 0 Å². The Morgan fingerprint density at radius 1 is 1.00 bits per heavy atom. The third-order valence-corrected chi connectivity index (χ3v) is 6.57. The second kappa shape index (κ2) is 10.4. The van der Waals surface area contributed by atoms with Crippen LogP contribution in [0.25, 0.3) is 10.9 Å². The zero-order chi connectivity index (χ0) is 23.2. The number of hydrazine groups is 1. The molecule has 0 spiro atoms. The Bertz CT molecular complexity index is 1160. The molecule has 7 nitrogen and oxygen atoms in total. The Hall–Kier alpha value is -3.46. The molecule has 1 aliphatic heterocycles. The van der Waals surface area contributed by atoms with Gasteiger partial charge in [0.05, 0.1) is 11.3 Å². The molecule has 170 valence electrons. The molecule has 2 heterocycles. The molecule has 3 aromatic rings. The number of nitrogens with zero attached hydrogens (tertiary/aromatic N) is 2. The van der Waals surface area contributed by atoms with E-state index in [0.717, 1.165) is 15.8 Å². The summed E-state index contributed by atoms with van der Waals surface area (Å²) < 4.78 is 13.1. The van der Waals surface area contributed by atoms with Crippen molar-refractivity contribution in [2.24, 2.45) is 5.92 Å². The van der Waals surface area contributed by atoms with Crippen LogP contribution in [-0.2, 0) is 9.59 Å². The number of rotatable bonds is 5. The molecule has 0 aliphatic carbocycles. The molecule has 2 N–H and O–H groups in total. The van der Waals surface area contributed by atoms with Crippen molar-refractivity contribution in [3.05, 3.63) is 72.2 Å². The third kappa shape index (κ3) is 5.67. The predicted molar refractivity (Wildman–Crippen MR) is 124 cm³/mol. The summed E-state index contributed by atoms with van der Waals surface area (Å²) in [5, 5.41) is 1.00. The van der Waals surface area contributed by atoms with Gasteiger partial charge in [-0.1, -0.05) is 18.2 Å². The molecule has 9 heteroatoms. The summed E-state index contributed by atoms with van der Waals surface area (Å²) in [6.45, 7) is 0.846. The van der Waals surface area contributed by atoms with Crippen LogP contribution in [0.15, 0.2) is 65.7 Å². The number of pyridine rings is 1. The Kier molecular flexibility index (Phi) is 7.19. The zero-order valence-corrected chi connectivity index (χ0v) is 18.6. The minimum Gasteiger partial charge on any atom is -0.339 e. The first kappa shape index (κ1) is 22.7. The smallest absolute Gasteiger partial charge is 0.253 e. The van der Waals surface area contributed by atoms with Crippen LogP contribution in [0, 0.1) is 11.7 Å². The summed E-state index contributed by atoms with van der Waals surface area (Å²) in [5.41, 5.74) is 6.22. The maximum absolute atomic E-state index is 13.1. The van der Waals surface area contributed by atoms with Gasteiger partial charge in [0.2, 0.25) is 11.8 Å². The number of hydrogen-bond acceptors (Lipinski definition) is 5. The Morgan fingerprint density at radius 2 is 1.73 bits per heavy atom. The van der Waals surface area contributed by atoms with Crippen LogP contribution in [0.5, 0.6) is 0 Å². The molecule has 2 aromatic carbocycles. The number of carbonyl (C=O) groups is 3. The van der Waals surface area contributed by atoms with Crippen molar-refractivity contribution in [2.45, 2.75) is 17.7 Å². The van der Waals surface area contributed by atoms with E-state index in [1.807, 2.05) is 30.3 Å². The Morgan fingerprint density at radius 3 is 2.48 bits per heavy atom. The maximum Gasteiger partial charge on any atom is 0.253 e. The monoisotopic (exact) mass is 466 g/mol. The van der Waals surface area contributed by atoms with Gasteiger partial charge < -0.3 is 4.90 Å². The first-order valence-corrected chi connectivity index (χ1v) is 11.6. The standard InChI is InChI=1S/C24H23FN4O3S/c25-19-8-6-18(7-9-19)24(32)29-13-10-17(11-14-29)23(31)28-27-21(30)15-33-20-5-1-3-16-4-2-12-26-22(16)20/h1-9,12,17H,10-11,13-15H2,(H,27,30)(H,28,31). The molecule has 0 bridgehead atoms. The molecule has 1 fully saturated rings. The molecule has 1 aromatic heterocycles. The number of carbonyl (C=O) groups excluding carboxylic acids is 3. The number of nitrogens with one attached hydrogen (secondary N) is 2. The van der Waals surface area contributed by atoms with Crippen LogP contribution in [-0.4, -0.2) is 46.4 Å². The van der Waals surface area contributed by atoms with Gasteiger partial charge in [-0.15, -0.1) is 11.8 Å². The van der Waals surface area contributed by atoms with Gasteiger partial charge in [-0.3, -0.25) is 30.2 Å². The van der Waals surface area contributed by atoms with E-state index in [1.54, 1.807) is 11.1 Å². The lowest BCUT2D eigenvalue weighted by Crippen LogP contribution is -2.48. The summed E-state index contributed by atoms with van der Waals surface area (Å²) in [6, 6.07) is 15.0. The first-order valence-electron chi connectivity index (χ1n) is 10.6. The van der Waals surface area contributed by atoms with Gasteiger partial charge in [-0.05, 0) is 49.2 Å². The van der Waals surface area contributed by atoms with Crippen LogP contribution in [0.3, 0.4) is 0 Å². The normalized spacial score (nSPS) is 14.2. The number of amides is 3. The number of benzene rings is 2. The third-order valence-electron chi connectivity index (χ3n) is 5.52. The van der Waals surface area contributed by atoms with Crippen LogP contribution < -0.4 is 10.9 Å². The van der Waals surface area contributed by atoms with Crippen molar-refractivity contribution in [2.75, 3.05) is 18.8 Å². The number of hydrogen-bond donors (Lipinski definition) is 2. The minimum absolute atomic E-state index is 0.139. The number of piperidine rings is 1. The second-order valence-corrected chi connectivity index (χ2v) is 8.75. The molecule has 0 atom stereocenters. The molecule has 0 unspecified atom stereocenters. The highest BCUT2D eigenvalue weighted by Crippen LogP contribution is 2.25. The average molecular weight is 467 g/mol. The number of likely N-dealkylation sites (tertiary alicyclic amines) is 1. The van der Waals surface area contributed by atoms with Crippen molar-refractivity contribution in [1.82, 2.24) is 20.7 Å². The SMILES string of the molecule is O=C(CSc1cccc2cccnc12)NNC(=O)C1CCN(C(=O)c2ccc(F)cc2)CC1. The highest BCUT2D eigenvalue weighted by atomic mass is 32.2. The topological polar surface area (TPSA) is 91.4 Å². The molecule has 1 saturated heterocycles. The van der Waals surface area contributed by atoms with E-state index in [2.05, 4.69) is 15.8 Å². The van der Waals surface area contributed by atoms with Gasteiger partial charge >= 0.3 is 0 Å². The van der Waals surface area contributed by atoms with E-state index in [0.29, 0.717) is 31.5 Å². The summed E-state index contributed by atoms with van der Waals surface area (Å²) in [6.07, 6.45) is 2.70. The molecule has 3 amide bonds. The number of aromatic nitrogens is 1. The molecule has 0 radical (unpaired) electrons. The van der Waals surface area contributed by atoms with Gasteiger partial charge in [0, 0.05) is 41.0 Å². The predicted octanol–water partition coefficient (Wildman–Crippen LogP) is 3.17. The second-order valence-electron chi connectivity index (χ2n) is 7.73. The van der Waals surface area contributed by atoms with Gasteiger partial charge in [0.25, 0.3) is 5.91 Å². The summed E-state index contributed by atoms with van der Waals surface area (Å²) in [4.78, 5) is 44.1. The van der Waals surface area contributed by atoms with Crippen LogP contribution in [0.1, 0.15) is 23.2 Å². The van der Waals surface area contributed by atoms with Gasteiger partial charge in [-0.25, -0.2) is 4.39 Å². The van der Waals surface area contributed by atoms with Gasteiger partial charge in [0.1, 0.15) is 5.82 Å². The van der Waals surface area contributed by atoms with Crippen LogP contribution in [0.2, 0.25) is 0 Å². The molecular weight excluding hydrogens is 443 g/mol. The molecular formula is C24H23FN4O3S. The fourth-order valence-electron chi connectivity index (χ4n) is 3.73. The van der Waals surface area contributed by atoms with Crippen molar-refractivity contribution >= 4 is 40.4 Å². The van der Waals surface area contributed by atoms with Crippen molar-refractivity contribution < 1.29 is 18.8 Å². The number of para-hydroxylation sites is 1. The first-order chi connectivity index (χ1) is 16.0. The van der Waals surface area contributed by atoms with E-state index in [4.69, 9.17) is 0 Å². The zero-order valence-electron chi connectivity index (χ0n) is 17.8. The number of halogens is 1. The largest absolute Gasteiger partial charge is 0.339 e. The Labute approximate surface area is 194 Å². The fourth-order valence-corrected chi connectivity index (χ4v) is 4.57. The molecule has 1 aliphatic rings. The molecule has 0 saturated carbocycles. The van der Waals surface area contributed by atoms with Crippen molar-refractivity contribution in [1.29, 1.82) is 0 Å². The highest BCUT2D eigenvalue weighted by molar-refractivity contribution is 8.00. The minimum atomic E-state index is -0.392. The summed E-state index contributed by atoms with van der Waals surface area (Å²) >= 11 is 1.35. The average Bonchev–Trinajstić information content (AvgIpc) is 2.86. The van der Waals surface area contributed by atoms with Crippen LogP contribution in [0.4, 0.5) is 4.39 Å². The van der Waals surface area contributed by atoms with E-state index in [-0.39, 0.29) is 29.4 Å². The number of fused-ring (bicyclic) bond motifs is 1. The van der Waals surface area contributed by atoms with Crippen molar-refractivity contribution in [3.63, 3.8) is 0 Å². The lowest BCUT2D eigenvalue weighted by atomic mass is 9.95. The van der Waals surface area contributed by atoms with E-state index < -0.39 is 5.82 Å². The lowest BCUT2D eigenvalue weighted by Gasteiger charge is -2.31. The highest BCUT2D eigenvalue weighted by Gasteiger charge is 2.28. The maximum atomic E-state index is 13.1. The Balaban J connectivity index is 1.21. The molecule has 33 heavy (non-hydrogen) atoms. The van der Waals surface area contributed by atoms with Gasteiger partial charge in [-0.2, -0.15) is 0 Å². The lowest BCUT2D eigenvalue weighted by molar-refractivity contribution is -0.131. The number of thioether (sulfide) groups is 1. The molecule has 4 rings (SSSR count). The van der Waals surface area contributed by atoms with E-state index in [1.165, 1.54) is 36.0 Å². The summed E-state index contributed by atoms with van der Waals surface area (Å²) in [5.74, 6) is -1.31. The van der Waals surface area contributed by atoms with Crippen LogP contribution >= 0.6 is 11.8 Å². The fraction of sp³-hybridized carbons (Fsp3) is 0.250. The van der Waals surface area contributed by atoms with E-state index in [9.17, 15) is 18.8 Å². The quantitative estimate of drug-likeness (QED) is 0.445. The van der Waals surface area contributed by atoms with E-state index >= 15 is 0 Å². The summed E-state index contributed by atoms with van der Waals surface area (Å²) in [7, 11) is 0. The van der Waals surface area contributed by atoms with Crippen molar-refractivity contribution in [3.8, 4) is 0 Å².